The Morgan fingerprint density at radius 2 is 1.91 bits per heavy atom. The van der Waals surface area contributed by atoms with Crippen molar-refractivity contribution in [1.82, 2.24) is 10.2 Å². The molecule has 0 fully saturated rings. The zero-order valence-electron chi connectivity index (χ0n) is 14.0. The van der Waals surface area contributed by atoms with E-state index in [2.05, 4.69) is 43.4 Å². The van der Waals surface area contributed by atoms with E-state index in [1.54, 1.807) is 11.3 Å². The average molecular weight is 330 g/mol. The maximum Gasteiger partial charge on any atom is 0.237 e. The van der Waals surface area contributed by atoms with Gasteiger partial charge in [-0.2, -0.15) is 0 Å². The van der Waals surface area contributed by atoms with Crippen LogP contribution in [0.5, 0.6) is 0 Å². The fourth-order valence-electron chi connectivity index (χ4n) is 2.40. The lowest BCUT2D eigenvalue weighted by Gasteiger charge is -2.22. The number of aryl methyl sites for hydroxylation is 1. The third-order valence-electron chi connectivity index (χ3n) is 3.70. The fraction of sp³-hybridized carbons (Fsp3) is 0.421. The molecule has 0 radical (unpaired) electrons. The van der Waals surface area contributed by atoms with Crippen LogP contribution in [0.25, 0.3) is 0 Å². The largest absolute Gasteiger partial charge is 0.332 e. The zero-order valence-corrected chi connectivity index (χ0v) is 14.9. The van der Waals surface area contributed by atoms with Crippen LogP contribution in [0.2, 0.25) is 0 Å². The van der Waals surface area contributed by atoms with E-state index in [0.717, 1.165) is 19.4 Å². The molecule has 2 aromatic rings. The minimum Gasteiger partial charge on any atom is -0.332 e. The van der Waals surface area contributed by atoms with E-state index in [1.807, 2.05) is 23.1 Å². The normalized spacial score (nSPS) is 10.7. The van der Waals surface area contributed by atoms with Crippen LogP contribution in [0, 0.1) is 6.92 Å². The van der Waals surface area contributed by atoms with Crippen LogP contribution in [-0.4, -0.2) is 23.9 Å². The van der Waals surface area contributed by atoms with E-state index >= 15 is 0 Å². The molecular formula is C19H26N2OS. The number of carbonyl (C=O) groups excluding carboxylic acids is 1. The Hall–Kier alpha value is -1.65. The Morgan fingerprint density at radius 1 is 1.13 bits per heavy atom. The number of rotatable bonds is 9. The second-order valence-electron chi connectivity index (χ2n) is 5.78. The van der Waals surface area contributed by atoms with Crippen molar-refractivity contribution in [3.63, 3.8) is 0 Å². The highest BCUT2D eigenvalue weighted by molar-refractivity contribution is 7.11. The van der Waals surface area contributed by atoms with E-state index in [-0.39, 0.29) is 5.91 Å². The Bertz CT molecular complexity index is 594. The molecule has 1 amide bonds. The molecule has 124 valence electrons. The number of hydrogen-bond acceptors (Lipinski definition) is 3. The van der Waals surface area contributed by atoms with Crippen LogP contribution in [-0.2, 0) is 17.9 Å². The zero-order chi connectivity index (χ0) is 16.5. The van der Waals surface area contributed by atoms with Crippen LogP contribution in [0.1, 0.15) is 35.1 Å². The number of benzene rings is 1. The van der Waals surface area contributed by atoms with Gasteiger partial charge in [0.25, 0.3) is 0 Å². The molecule has 3 nitrogen and oxygen atoms in total. The van der Waals surface area contributed by atoms with Gasteiger partial charge < -0.3 is 10.2 Å². The molecule has 1 N–H and O–H groups in total. The first kappa shape index (κ1) is 17.7. The standard InChI is InChI=1S/C19H26N2OS/c1-3-4-12-20-13-19(22)21(14-17-8-6-5-7-9-17)15-18-11-10-16(2)23-18/h5-11,20H,3-4,12-15H2,1-2H3. The summed E-state index contributed by atoms with van der Waals surface area (Å²) in [6.45, 7) is 6.92. The molecule has 0 aliphatic heterocycles. The maximum atomic E-state index is 12.6. The lowest BCUT2D eigenvalue weighted by Crippen LogP contribution is -2.37. The van der Waals surface area contributed by atoms with E-state index in [1.165, 1.54) is 15.3 Å². The summed E-state index contributed by atoms with van der Waals surface area (Å²) < 4.78 is 0. The van der Waals surface area contributed by atoms with Crippen molar-refractivity contribution in [2.45, 2.75) is 39.8 Å². The quantitative estimate of drug-likeness (QED) is 0.706. The third-order valence-corrected chi connectivity index (χ3v) is 4.68. The van der Waals surface area contributed by atoms with Gasteiger partial charge in [0.2, 0.25) is 5.91 Å². The summed E-state index contributed by atoms with van der Waals surface area (Å²) in [5.74, 6) is 0.163. The molecule has 0 saturated carbocycles. The van der Waals surface area contributed by atoms with Gasteiger partial charge >= 0.3 is 0 Å². The minimum absolute atomic E-state index is 0.163. The summed E-state index contributed by atoms with van der Waals surface area (Å²) in [5.41, 5.74) is 1.17. The van der Waals surface area contributed by atoms with Crippen LogP contribution in [0.4, 0.5) is 0 Å². The second-order valence-corrected chi connectivity index (χ2v) is 7.15. The molecule has 0 aliphatic rings. The highest BCUT2D eigenvalue weighted by Gasteiger charge is 2.15. The molecule has 23 heavy (non-hydrogen) atoms. The van der Waals surface area contributed by atoms with Crippen LogP contribution >= 0.6 is 11.3 Å². The smallest absolute Gasteiger partial charge is 0.237 e. The molecule has 1 aromatic heterocycles. The summed E-state index contributed by atoms with van der Waals surface area (Å²) in [6.07, 6.45) is 2.25. The average Bonchev–Trinajstić information content (AvgIpc) is 2.97. The number of thiophene rings is 1. The lowest BCUT2D eigenvalue weighted by atomic mass is 10.2. The van der Waals surface area contributed by atoms with Crippen molar-refractivity contribution in [3.05, 3.63) is 57.8 Å². The number of hydrogen-bond donors (Lipinski definition) is 1. The second kappa shape index (κ2) is 9.48. The SMILES string of the molecule is CCCCNCC(=O)N(Cc1ccccc1)Cc1ccc(C)s1. The van der Waals surface area contributed by atoms with Crippen molar-refractivity contribution < 1.29 is 4.79 Å². The number of nitrogens with one attached hydrogen (secondary N) is 1. The molecule has 0 spiro atoms. The Balaban J connectivity index is 1.99. The first-order valence-corrected chi connectivity index (χ1v) is 9.08. The maximum absolute atomic E-state index is 12.6. The Labute approximate surface area is 143 Å². The summed E-state index contributed by atoms with van der Waals surface area (Å²) in [5, 5.41) is 3.26. The fourth-order valence-corrected chi connectivity index (χ4v) is 3.31. The molecule has 0 saturated heterocycles. The summed E-state index contributed by atoms with van der Waals surface area (Å²) >= 11 is 1.76. The molecule has 2 rings (SSSR count). The van der Waals surface area contributed by atoms with Crippen LogP contribution in [0.15, 0.2) is 42.5 Å². The number of nitrogens with zero attached hydrogens (tertiary/aromatic N) is 1. The first-order chi connectivity index (χ1) is 11.2. The van der Waals surface area contributed by atoms with Gasteiger partial charge in [-0.3, -0.25) is 4.79 Å². The molecule has 0 atom stereocenters. The van der Waals surface area contributed by atoms with Gasteiger partial charge in [-0.15, -0.1) is 11.3 Å². The Kier molecular flexibility index (Phi) is 7.30. The van der Waals surface area contributed by atoms with Crippen LogP contribution < -0.4 is 5.32 Å². The van der Waals surface area contributed by atoms with E-state index in [0.29, 0.717) is 19.6 Å². The molecular weight excluding hydrogens is 304 g/mol. The number of carbonyl (C=O) groups is 1. The molecule has 0 unspecified atom stereocenters. The Morgan fingerprint density at radius 3 is 2.57 bits per heavy atom. The molecule has 0 bridgehead atoms. The summed E-state index contributed by atoms with van der Waals surface area (Å²) in [7, 11) is 0. The predicted molar refractivity (Wildman–Crippen MR) is 97.5 cm³/mol. The van der Waals surface area contributed by atoms with Crippen molar-refractivity contribution >= 4 is 17.2 Å². The van der Waals surface area contributed by atoms with Gasteiger partial charge in [-0.05, 0) is 37.6 Å². The van der Waals surface area contributed by atoms with E-state index in [4.69, 9.17) is 0 Å². The topological polar surface area (TPSA) is 32.3 Å². The summed E-state index contributed by atoms with van der Waals surface area (Å²) in [4.78, 5) is 17.1. The van der Waals surface area contributed by atoms with Gasteiger partial charge in [-0.1, -0.05) is 43.7 Å². The lowest BCUT2D eigenvalue weighted by molar-refractivity contribution is -0.131. The minimum atomic E-state index is 0.163. The highest BCUT2D eigenvalue weighted by Crippen LogP contribution is 2.18. The molecule has 1 heterocycles. The first-order valence-electron chi connectivity index (χ1n) is 8.26. The highest BCUT2D eigenvalue weighted by atomic mass is 32.1. The van der Waals surface area contributed by atoms with Crippen molar-refractivity contribution in [1.29, 1.82) is 0 Å². The van der Waals surface area contributed by atoms with Gasteiger partial charge in [0.05, 0.1) is 13.1 Å². The van der Waals surface area contributed by atoms with Gasteiger partial charge in [0.1, 0.15) is 0 Å². The van der Waals surface area contributed by atoms with Gasteiger partial charge in [-0.25, -0.2) is 0 Å². The number of unbranched alkanes of at least 4 members (excludes halogenated alkanes) is 1. The van der Waals surface area contributed by atoms with Crippen molar-refractivity contribution in [2.75, 3.05) is 13.1 Å². The monoisotopic (exact) mass is 330 g/mol. The van der Waals surface area contributed by atoms with E-state index < -0.39 is 0 Å². The third kappa shape index (κ3) is 6.16. The van der Waals surface area contributed by atoms with Gasteiger partial charge in [0.15, 0.2) is 0 Å². The van der Waals surface area contributed by atoms with Crippen LogP contribution in [0.3, 0.4) is 0 Å². The predicted octanol–water partition coefficient (Wildman–Crippen LogP) is 3.98. The van der Waals surface area contributed by atoms with Gasteiger partial charge in [0, 0.05) is 16.3 Å². The van der Waals surface area contributed by atoms with Crippen molar-refractivity contribution in [3.8, 4) is 0 Å². The summed E-state index contributed by atoms with van der Waals surface area (Å²) in [6, 6.07) is 14.4. The molecule has 1 aromatic carbocycles. The molecule has 0 aliphatic carbocycles. The number of amides is 1. The van der Waals surface area contributed by atoms with Crippen molar-refractivity contribution in [2.24, 2.45) is 0 Å². The van der Waals surface area contributed by atoms with E-state index in [9.17, 15) is 4.79 Å². The molecule has 4 heteroatoms.